The molecule has 0 heterocycles. The number of ether oxygens (including phenoxy) is 1. The number of ketones is 2. The number of hydrogen-bond donors (Lipinski definition) is 3. The van der Waals surface area contributed by atoms with E-state index in [1.54, 1.807) is 12.2 Å². The van der Waals surface area contributed by atoms with E-state index < -0.39 is 18.1 Å². The normalized spacial score (nSPS) is 12.4. The van der Waals surface area contributed by atoms with Crippen molar-refractivity contribution < 1.29 is 19.1 Å². The maximum atomic E-state index is 12.4. The molecule has 0 saturated carbocycles. The molecule has 0 bridgehead atoms. The topological polar surface area (TPSA) is 111 Å². The predicted octanol–water partition coefficient (Wildman–Crippen LogP) is 2.77. The first kappa shape index (κ1) is 25.6. The number of allylic oxidation sites excluding steroid dienone is 2. The Hall–Kier alpha value is -2.41. The number of carbonyl (C=O) groups excluding carboxylic acids is 3. The summed E-state index contributed by atoms with van der Waals surface area (Å²) in [5.41, 5.74) is 5.50. The Morgan fingerprint density at radius 2 is 1.71 bits per heavy atom. The SMILES string of the molecule is C=CCCC(=O)C(CCCCN)NC(=O)NC(CCC(=C)OCC=C)C(C)=O. The zero-order chi connectivity index (χ0) is 21.4. The van der Waals surface area contributed by atoms with Crippen LogP contribution in [0.1, 0.15) is 51.9 Å². The van der Waals surface area contributed by atoms with E-state index in [4.69, 9.17) is 10.5 Å². The highest BCUT2D eigenvalue weighted by molar-refractivity contribution is 5.91. The molecule has 0 rings (SSSR count). The molecule has 0 aliphatic heterocycles. The Balaban J connectivity index is 4.74. The molecule has 0 saturated heterocycles. The van der Waals surface area contributed by atoms with Crippen LogP contribution in [0.5, 0.6) is 0 Å². The molecule has 2 atom stereocenters. The minimum absolute atomic E-state index is 0.0577. The first-order valence-electron chi connectivity index (χ1n) is 9.68. The van der Waals surface area contributed by atoms with Crippen LogP contribution in [0.4, 0.5) is 4.79 Å². The molecule has 7 heteroatoms. The molecular weight excluding hydrogens is 358 g/mol. The predicted molar refractivity (Wildman–Crippen MR) is 112 cm³/mol. The van der Waals surface area contributed by atoms with Crippen LogP contribution >= 0.6 is 0 Å². The van der Waals surface area contributed by atoms with Crippen molar-refractivity contribution in [3.8, 4) is 0 Å². The number of carbonyl (C=O) groups is 3. The smallest absolute Gasteiger partial charge is 0.315 e. The van der Waals surface area contributed by atoms with Gasteiger partial charge in [-0.2, -0.15) is 0 Å². The standard InChI is InChI=1S/C21H35N3O4/c1-5-7-11-20(26)19(10-8-9-14-22)24-21(27)23-18(17(4)25)13-12-16(3)28-15-6-2/h5-6,18-19H,1-3,7-15,22H2,4H3,(H2,23,24,27). The molecule has 2 unspecified atom stereocenters. The first-order chi connectivity index (χ1) is 13.3. The van der Waals surface area contributed by atoms with E-state index in [1.807, 2.05) is 0 Å². The van der Waals surface area contributed by atoms with Crippen molar-refractivity contribution in [3.63, 3.8) is 0 Å². The molecule has 158 valence electrons. The summed E-state index contributed by atoms with van der Waals surface area (Å²) in [6, 6.07) is -1.83. The van der Waals surface area contributed by atoms with Gasteiger partial charge in [0.25, 0.3) is 0 Å². The Bertz CT molecular complexity index is 546. The second kappa shape index (κ2) is 15.6. The van der Waals surface area contributed by atoms with Crippen molar-refractivity contribution in [2.45, 2.75) is 64.0 Å². The van der Waals surface area contributed by atoms with Gasteiger partial charge in [0, 0.05) is 12.8 Å². The van der Waals surface area contributed by atoms with E-state index in [-0.39, 0.29) is 11.6 Å². The molecule has 0 radical (unpaired) electrons. The molecular formula is C21H35N3O4. The van der Waals surface area contributed by atoms with Gasteiger partial charge in [0.2, 0.25) is 0 Å². The van der Waals surface area contributed by atoms with Gasteiger partial charge >= 0.3 is 6.03 Å². The second-order valence-corrected chi connectivity index (χ2v) is 6.59. The summed E-state index contributed by atoms with van der Waals surface area (Å²) >= 11 is 0. The van der Waals surface area contributed by atoms with Crippen molar-refractivity contribution in [2.24, 2.45) is 5.73 Å². The van der Waals surface area contributed by atoms with Crippen LogP contribution < -0.4 is 16.4 Å². The Morgan fingerprint density at radius 3 is 2.29 bits per heavy atom. The summed E-state index contributed by atoms with van der Waals surface area (Å²) in [4.78, 5) is 36.6. The van der Waals surface area contributed by atoms with Crippen molar-refractivity contribution in [1.82, 2.24) is 10.6 Å². The van der Waals surface area contributed by atoms with Crippen LogP contribution in [0, 0.1) is 0 Å². The molecule has 2 amide bonds. The van der Waals surface area contributed by atoms with Crippen LogP contribution in [0.15, 0.2) is 37.6 Å². The monoisotopic (exact) mass is 393 g/mol. The van der Waals surface area contributed by atoms with Crippen molar-refractivity contribution in [1.29, 1.82) is 0 Å². The van der Waals surface area contributed by atoms with Crippen molar-refractivity contribution in [3.05, 3.63) is 37.6 Å². The van der Waals surface area contributed by atoms with Gasteiger partial charge in [0.1, 0.15) is 6.61 Å². The van der Waals surface area contributed by atoms with Gasteiger partial charge in [0.15, 0.2) is 11.6 Å². The molecule has 0 fully saturated rings. The molecule has 0 aromatic heterocycles. The number of unbranched alkanes of at least 4 members (excludes halogenated alkanes) is 1. The Morgan fingerprint density at radius 1 is 1.04 bits per heavy atom. The summed E-state index contributed by atoms with van der Waals surface area (Å²) in [5.74, 6) is 0.287. The largest absolute Gasteiger partial charge is 0.495 e. The highest BCUT2D eigenvalue weighted by Gasteiger charge is 2.23. The number of Topliss-reactive ketones (excluding diaryl/α,β-unsaturated/α-hetero) is 2. The van der Waals surface area contributed by atoms with Gasteiger partial charge in [-0.1, -0.05) is 25.3 Å². The van der Waals surface area contributed by atoms with Crippen molar-refractivity contribution >= 4 is 17.6 Å². The molecule has 0 aliphatic carbocycles. The molecule has 0 spiro atoms. The van der Waals surface area contributed by atoms with Crippen LogP contribution in [-0.4, -0.2) is 42.8 Å². The van der Waals surface area contributed by atoms with E-state index in [0.29, 0.717) is 51.0 Å². The number of hydrogen-bond acceptors (Lipinski definition) is 5. The third kappa shape index (κ3) is 12.1. The van der Waals surface area contributed by atoms with Crippen LogP contribution in [0.25, 0.3) is 0 Å². The lowest BCUT2D eigenvalue weighted by Gasteiger charge is -2.21. The van der Waals surface area contributed by atoms with E-state index in [2.05, 4.69) is 30.4 Å². The lowest BCUT2D eigenvalue weighted by molar-refractivity contribution is -0.121. The Kier molecular flexibility index (Phi) is 14.3. The third-order valence-electron chi connectivity index (χ3n) is 4.15. The number of urea groups is 1. The summed E-state index contributed by atoms with van der Waals surface area (Å²) in [5, 5.41) is 5.34. The minimum atomic E-state index is -0.683. The maximum Gasteiger partial charge on any atom is 0.315 e. The van der Waals surface area contributed by atoms with Gasteiger partial charge in [-0.3, -0.25) is 9.59 Å². The summed E-state index contributed by atoms with van der Waals surface area (Å²) in [6.45, 7) is 13.2. The lowest BCUT2D eigenvalue weighted by atomic mass is 10.0. The highest BCUT2D eigenvalue weighted by atomic mass is 16.5. The van der Waals surface area contributed by atoms with Crippen LogP contribution in [-0.2, 0) is 14.3 Å². The maximum absolute atomic E-state index is 12.4. The van der Waals surface area contributed by atoms with E-state index in [1.165, 1.54) is 6.92 Å². The van der Waals surface area contributed by atoms with E-state index in [9.17, 15) is 14.4 Å². The third-order valence-corrected chi connectivity index (χ3v) is 4.15. The average Bonchev–Trinajstić information content (AvgIpc) is 2.66. The average molecular weight is 394 g/mol. The number of nitrogens with one attached hydrogen (secondary N) is 2. The number of amides is 2. The van der Waals surface area contributed by atoms with E-state index >= 15 is 0 Å². The van der Waals surface area contributed by atoms with Gasteiger partial charge in [-0.15, -0.1) is 6.58 Å². The summed E-state index contributed by atoms with van der Waals surface area (Å²) < 4.78 is 5.30. The summed E-state index contributed by atoms with van der Waals surface area (Å²) in [6.07, 6.45) is 6.95. The number of nitrogens with two attached hydrogens (primary N) is 1. The zero-order valence-corrected chi connectivity index (χ0v) is 17.0. The zero-order valence-electron chi connectivity index (χ0n) is 17.0. The molecule has 0 aromatic carbocycles. The van der Waals surface area contributed by atoms with Gasteiger partial charge < -0.3 is 21.1 Å². The van der Waals surface area contributed by atoms with Gasteiger partial charge in [0.05, 0.1) is 17.8 Å². The van der Waals surface area contributed by atoms with Crippen molar-refractivity contribution in [2.75, 3.05) is 13.2 Å². The first-order valence-corrected chi connectivity index (χ1v) is 9.68. The second-order valence-electron chi connectivity index (χ2n) is 6.59. The fourth-order valence-corrected chi connectivity index (χ4v) is 2.51. The van der Waals surface area contributed by atoms with E-state index in [0.717, 1.165) is 12.8 Å². The molecule has 0 aliphatic rings. The lowest BCUT2D eigenvalue weighted by Crippen LogP contribution is -2.50. The molecule has 28 heavy (non-hydrogen) atoms. The van der Waals surface area contributed by atoms with Crippen LogP contribution in [0.2, 0.25) is 0 Å². The highest BCUT2D eigenvalue weighted by Crippen LogP contribution is 2.09. The van der Waals surface area contributed by atoms with Gasteiger partial charge in [-0.25, -0.2) is 4.79 Å². The fraction of sp³-hybridized carbons (Fsp3) is 0.571. The minimum Gasteiger partial charge on any atom is -0.495 e. The Labute approximate surface area is 168 Å². The van der Waals surface area contributed by atoms with Crippen LogP contribution in [0.3, 0.4) is 0 Å². The quantitative estimate of drug-likeness (QED) is 0.200. The number of rotatable bonds is 17. The molecule has 7 nitrogen and oxygen atoms in total. The fourth-order valence-electron chi connectivity index (χ4n) is 2.51. The molecule has 0 aromatic rings. The molecule has 4 N–H and O–H groups in total. The summed E-state index contributed by atoms with van der Waals surface area (Å²) in [7, 11) is 0. The van der Waals surface area contributed by atoms with Gasteiger partial charge in [-0.05, 0) is 45.6 Å².